The van der Waals surface area contributed by atoms with Crippen molar-refractivity contribution in [3.8, 4) is 11.5 Å². The van der Waals surface area contributed by atoms with Crippen molar-refractivity contribution in [2.75, 3.05) is 0 Å². The maximum atomic E-state index is 15.2. The fourth-order valence-corrected chi connectivity index (χ4v) is 6.79. The van der Waals surface area contributed by atoms with Crippen LogP contribution in [0.15, 0.2) is 142 Å². The molecule has 0 N–H and O–H groups in total. The molecule has 0 fully saturated rings. The zero-order valence-electron chi connectivity index (χ0n) is 23.6. The second-order valence-electron chi connectivity index (χ2n) is 10.8. The van der Waals surface area contributed by atoms with E-state index in [-0.39, 0.29) is 11.5 Å². The third kappa shape index (κ3) is 6.47. The second kappa shape index (κ2) is 11.8. The molecule has 0 aromatic heterocycles. The third-order valence-corrected chi connectivity index (χ3v) is 9.12. The van der Waals surface area contributed by atoms with Gasteiger partial charge >= 0.3 is 0 Å². The Hall–Kier alpha value is -4.09. The number of hydrogen-bond donors (Lipinski definition) is 0. The van der Waals surface area contributed by atoms with E-state index in [0.717, 1.165) is 25.8 Å². The van der Waals surface area contributed by atoms with Crippen molar-refractivity contribution in [3.05, 3.63) is 150 Å². The van der Waals surface area contributed by atoms with Crippen LogP contribution in [-0.2, 0) is 22.1 Å². The fourth-order valence-electron chi connectivity index (χ4n) is 4.69. The highest BCUT2D eigenvalue weighted by atomic mass is 32.2. The lowest BCUT2D eigenvalue weighted by molar-refractivity contribution is 0.102. The Balaban J connectivity index is 1.55. The molecule has 0 bridgehead atoms. The third-order valence-electron chi connectivity index (χ3n) is 6.92. The molecule has 0 aliphatic heterocycles. The van der Waals surface area contributed by atoms with E-state index in [4.69, 9.17) is 9.47 Å². The van der Waals surface area contributed by atoms with Gasteiger partial charge in [-0.2, -0.15) is 0 Å². The smallest absolute Gasteiger partial charge is 0.170 e. The summed E-state index contributed by atoms with van der Waals surface area (Å²) in [6.07, 6.45) is 0. The summed E-state index contributed by atoms with van der Waals surface area (Å²) in [5, 5.41) is 0. The number of halogens is 2. The van der Waals surface area contributed by atoms with Gasteiger partial charge in [-0.05, 0) is 75.2 Å². The second-order valence-corrected chi connectivity index (χ2v) is 12.8. The number of ether oxygens (including phenoxy) is 2. The Morgan fingerprint density at radius 3 is 1.22 bits per heavy atom. The molecule has 208 valence electrons. The topological polar surface area (TPSA) is 18.5 Å². The quantitative estimate of drug-likeness (QED) is 0.165. The van der Waals surface area contributed by atoms with Gasteiger partial charge in [0.15, 0.2) is 37.8 Å². The van der Waals surface area contributed by atoms with E-state index < -0.39 is 33.7 Å². The zero-order chi connectivity index (χ0) is 29.0. The molecule has 5 aromatic carbocycles. The van der Waals surface area contributed by atoms with Crippen LogP contribution in [-0.4, -0.2) is 0 Å². The first-order chi connectivity index (χ1) is 19.6. The predicted molar refractivity (Wildman–Crippen MR) is 162 cm³/mol. The highest BCUT2D eigenvalue weighted by molar-refractivity contribution is 7.97. The van der Waals surface area contributed by atoms with Crippen molar-refractivity contribution in [1.29, 1.82) is 0 Å². The molecule has 0 saturated carbocycles. The van der Waals surface area contributed by atoms with Gasteiger partial charge in [-0.1, -0.05) is 78.9 Å². The summed E-state index contributed by atoms with van der Waals surface area (Å²) in [4.78, 5) is 2.69. The van der Waals surface area contributed by atoms with Crippen LogP contribution >= 0.6 is 0 Å². The van der Waals surface area contributed by atoms with Crippen LogP contribution in [0.3, 0.4) is 0 Å². The van der Waals surface area contributed by atoms with Crippen molar-refractivity contribution in [1.82, 2.24) is 0 Å². The molecule has 2 nitrogen and oxygen atoms in total. The summed E-state index contributed by atoms with van der Waals surface area (Å²) in [7, 11) is -0.691. The van der Waals surface area contributed by atoms with Gasteiger partial charge in [0.05, 0.1) is 10.9 Å². The van der Waals surface area contributed by atoms with Crippen molar-refractivity contribution in [3.63, 3.8) is 0 Å². The first-order valence-electron chi connectivity index (χ1n) is 13.5. The number of benzene rings is 5. The van der Waals surface area contributed by atoms with Crippen LogP contribution in [0.25, 0.3) is 0 Å². The van der Waals surface area contributed by atoms with Gasteiger partial charge in [-0.15, -0.1) is 0 Å². The standard InChI is InChI=1S/C36H33F2O2S/c1-35(2,26-14-8-5-9-15-26)39-33-24-29(20-22-31(33)37)41(28-18-12-7-13-19-28)30-21-23-32(38)34(25-30)40-36(3,4)27-16-10-6-11-17-27/h5-25H,1-4H3/q+1. The molecular weight excluding hydrogens is 534 g/mol. The normalized spacial score (nSPS) is 11.9. The van der Waals surface area contributed by atoms with Gasteiger partial charge in [0.25, 0.3) is 0 Å². The predicted octanol–water partition coefficient (Wildman–Crippen LogP) is 9.69. The molecule has 5 rings (SSSR count). The van der Waals surface area contributed by atoms with E-state index in [9.17, 15) is 0 Å². The molecule has 41 heavy (non-hydrogen) atoms. The van der Waals surface area contributed by atoms with Crippen molar-refractivity contribution in [2.24, 2.45) is 0 Å². The van der Waals surface area contributed by atoms with Crippen molar-refractivity contribution in [2.45, 2.75) is 53.6 Å². The molecule has 5 aromatic rings. The Labute approximate surface area is 243 Å². The Bertz CT molecular complexity index is 1500. The van der Waals surface area contributed by atoms with E-state index in [1.807, 2.05) is 119 Å². The van der Waals surface area contributed by atoms with Gasteiger partial charge in [0, 0.05) is 12.1 Å². The summed E-state index contributed by atoms with van der Waals surface area (Å²) < 4.78 is 42.9. The zero-order valence-corrected chi connectivity index (χ0v) is 24.4. The van der Waals surface area contributed by atoms with Crippen molar-refractivity contribution < 1.29 is 18.3 Å². The van der Waals surface area contributed by atoms with Gasteiger partial charge in [-0.3, -0.25) is 0 Å². The monoisotopic (exact) mass is 567 g/mol. The molecule has 0 radical (unpaired) electrons. The lowest BCUT2D eigenvalue weighted by atomic mass is 9.98. The van der Waals surface area contributed by atoms with Crippen molar-refractivity contribution >= 4 is 10.9 Å². The Morgan fingerprint density at radius 1 is 0.463 bits per heavy atom. The summed E-state index contributed by atoms with van der Waals surface area (Å²) >= 11 is 0. The van der Waals surface area contributed by atoms with Crippen LogP contribution in [0.2, 0.25) is 0 Å². The van der Waals surface area contributed by atoms with Gasteiger partial charge < -0.3 is 9.47 Å². The van der Waals surface area contributed by atoms with Crippen LogP contribution < -0.4 is 9.47 Å². The fraction of sp³-hybridized carbons (Fsp3) is 0.167. The maximum Gasteiger partial charge on any atom is 0.170 e. The first kappa shape index (κ1) is 28.4. The minimum absolute atomic E-state index is 0.161. The molecular formula is C36H33F2O2S+. The van der Waals surface area contributed by atoms with Crippen LogP contribution in [0.1, 0.15) is 38.8 Å². The largest absolute Gasteiger partial charge is 0.480 e. The highest BCUT2D eigenvalue weighted by Gasteiger charge is 2.33. The maximum absolute atomic E-state index is 15.2. The number of rotatable bonds is 9. The van der Waals surface area contributed by atoms with E-state index in [2.05, 4.69) is 0 Å². The summed E-state index contributed by atoms with van der Waals surface area (Å²) in [6, 6.07) is 39.4. The summed E-state index contributed by atoms with van der Waals surface area (Å²) in [5.41, 5.74) is 0.360. The summed E-state index contributed by atoms with van der Waals surface area (Å²) in [6.45, 7) is 7.68. The highest BCUT2D eigenvalue weighted by Crippen LogP contribution is 2.39. The summed E-state index contributed by atoms with van der Waals surface area (Å²) in [5.74, 6) is -0.564. The lowest BCUT2D eigenvalue weighted by Gasteiger charge is -2.27. The molecule has 0 unspecified atom stereocenters. The number of hydrogen-bond acceptors (Lipinski definition) is 2. The van der Waals surface area contributed by atoms with Crippen LogP contribution in [0, 0.1) is 11.6 Å². The Morgan fingerprint density at radius 2 is 0.829 bits per heavy atom. The van der Waals surface area contributed by atoms with E-state index in [1.54, 1.807) is 24.3 Å². The molecule has 0 aliphatic rings. The SMILES string of the molecule is CC(C)(Oc1cc([S+](c2ccccc2)c2ccc(F)c(OC(C)(C)c3ccccc3)c2)ccc1F)c1ccccc1. The van der Waals surface area contributed by atoms with Crippen LogP contribution in [0.4, 0.5) is 8.78 Å². The van der Waals surface area contributed by atoms with Gasteiger partial charge in [-0.25, -0.2) is 8.78 Å². The average molecular weight is 568 g/mol. The molecule has 0 atom stereocenters. The average Bonchev–Trinajstić information content (AvgIpc) is 2.98. The molecule has 0 aliphatic carbocycles. The van der Waals surface area contributed by atoms with E-state index in [1.165, 1.54) is 12.1 Å². The first-order valence-corrected chi connectivity index (χ1v) is 14.7. The van der Waals surface area contributed by atoms with Gasteiger partial charge in [0.1, 0.15) is 11.2 Å². The minimum Gasteiger partial charge on any atom is -0.480 e. The Kier molecular flexibility index (Phi) is 8.18. The van der Waals surface area contributed by atoms with Crippen LogP contribution in [0.5, 0.6) is 11.5 Å². The minimum atomic E-state index is -0.758. The van der Waals surface area contributed by atoms with E-state index >= 15 is 8.78 Å². The molecule has 5 heteroatoms. The van der Waals surface area contributed by atoms with E-state index in [0.29, 0.717) is 0 Å². The van der Waals surface area contributed by atoms with Gasteiger partial charge in [0.2, 0.25) is 0 Å². The lowest BCUT2D eigenvalue weighted by Crippen LogP contribution is -2.26. The molecule has 0 amide bonds. The molecule has 0 heterocycles. The molecule has 0 saturated heterocycles. The molecule has 0 spiro atoms.